The molecule has 0 amide bonds. The van der Waals surface area contributed by atoms with Gasteiger partial charge in [0.05, 0.1) is 0 Å². The number of unbranched alkanes of at least 4 members (excludes halogenated alkanes) is 35. The van der Waals surface area contributed by atoms with Gasteiger partial charge in [-0.2, -0.15) is 0 Å². The summed E-state index contributed by atoms with van der Waals surface area (Å²) in [6.45, 7) is 16.3. The van der Waals surface area contributed by atoms with Crippen molar-refractivity contribution >= 4 is 11.4 Å². The first-order chi connectivity index (χ1) is 37.0. The molecular weight excluding hydrogens is 1010 g/mol. The molecule has 0 N–H and O–H groups in total. The van der Waals surface area contributed by atoms with Gasteiger partial charge in [-0.05, 0) is 141 Å². The van der Waals surface area contributed by atoms with Gasteiger partial charge in [0.15, 0.2) is 0 Å². The van der Waals surface area contributed by atoms with E-state index in [-0.39, 0.29) is 20.4 Å². The summed E-state index contributed by atoms with van der Waals surface area (Å²) in [5.74, 6) is 7.42. The molecule has 0 fully saturated rings. The third-order valence-corrected chi connectivity index (χ3v) is 16.8. The zero-order valence-corrected chi connectivity index (χ0v) is 53.1. The summed E-state index contributed by atoms with van der Waals surface area (Å²) in [5, 5.41) is 0. The van der Waals surface area contributed by atoms with Gasteiger partial charge in [-0.25, -0.2) is 4.70 Å². The van der Waals surface area contributed by atoms with Gasteiger partial charge in [0.1, 0.15) is 5.57 Å². The molecule has 0 unspecified atom stereocenters. The van der Waals surface area contributed by atoms with Gasteiger partial charge in [0.2, 0.25) is 11.4 Å². The van der Waals surface area contributed by atoms with Crippen molar-refractivity contribution < 1.29 is 25.1 Å². The molecule has 3 heteroatoms. The predicted octanol–water partition coefficient (Wildman–Crippen LogP) is 24.3. The van der Waals surface area contributed by atoms with E-state index in [0.717, 1.165) is 61.1 Å². The van der Waals surface area contributed by atoms with E-state index >= 15 is 0 Å². The topological polar surface area (TPSA) is 25.3 Å². The summed E-state index contributed by atoms with van der Waals surface area (Å²) in [7, 11) is 0. The summed E-state index contributed by atoms with van der Waals surface area (Å²) >= 11 is 0. The van der Waals surface area contributed by atoms with Crippen molar-refractivity contribution in [3.8, 4) is 11.8 Å². The summed E-state index contributed by atoms with van der Waals surface area (Å²) in [5.41, 5.74) is 27.2. The maximum Gasteiger partial charge on any atom is 0.223 e. The van der Waals surface area contributed by atoms with Crippen LogP contribution < -0.4 is 0 Å². The number of hydrogen-bond acceptors (Lipinski definition) is 0. The molecule has 2 nitrogen and oxygen atoms in total. The minimum absolute atomic E-state index is 0. The molecule has 2 aromatic carbocycles. The van der Waals surface area contributed by atoms with Gasteiger partial charge in [-0.1, -0.05) is 279 Å². The van der Waals surface area contributed by atoms with E-state index in [1.165, 1.54) is 297 Å². The van der Waals surface area contributed by atoms with Crippen LogP contribution >= 0.6 is 0 Å². The van der Waals surface area contributed by atoms with Crippen LogP contribution in [0.25, 0.3) is 16.9 Å². The standard InChI is InChI=1S/C73H122N2.Pd/c1-8-15-22-23-24-25-26-27-28-29-30-31-32-33-34-35-36-37-38-39-40-41-42-43-50-55-67-62-72(68-58-63(51-44-16-9-2)70(56-48-20-13-6)64(59-68)52-45-17-10-3)75(74)73(67)69-60-65(53-46-18-11-4)71(57-49-21-14-7)66(61-69)54-47-19-12-5;/h58-62H,8-49,51-54,56-57H2,1-7H3;. The number of allylic oxidation sites excluding steroid dienone is 2. The van der Waals surface area contributed by atoms with Crippen molar-refractivity contribution in [2.45, 2.75) is 357 Å². The fourth-order valence-corrected chi connectivity index (χ4v) is 12.0. The molecule has 3 rings (SSSR count). The third-order valence-electron chi connectivity index (χ3n) is 16.8. The number of rotatable bonds is 49. The van der Waals surface area contributed by atoms with Crippen molar-refractivity contribution in [1.82, 2.24) is 0 Å². The van der Waals surface area contributed by atoms with E-state index in [4.69, 9.17) is 0 Å². The average Bonchev–Trinajstić information content (AvgIpc) is 3.75. The molecule has 0 bridgehead atoms. The number of nitrogens with zero attached hydrogens (tertiary/aromatic N) is 2. The molecule has 2 aromatic rings. The Morgan fingerprint density at radius 3 is 0.908 bits per heavy atom. The normalized spacial score (nSPS) is 12.4. The summed E-state index contributed by atoms with van der Waals surface area (Å²) < 4.78 is 1.58. The van der Waals surface area contributed by atoms with Crippen LogP contribution in [0.2, 0.25) is 0 Å². The Bertz CT molecular complexity index is 1840. The van der Waals surface area contributed by atoms with E-state index in [0.29, 0.717) is 0 Å². The third kappa shape index (κ3) is 29.3. The second-order valence-corrected chi connectivity index (χ2v) is 23.7. The van der Waals surface area contributed by atoms with E-state index < -0.39 is 0 Å². The fourth-order valence-electron chi connectivity index (χ4n) is 12.0. The first kappa shape index (κ1) is 69.8. The minimum atomic E-state index is 0. The smallest absolute Gasteiger partial charge is 0.223 e. The first-order valence-electron chi connectivity index (χ1n) is 33.7. The van der Waals surface area contributed by atoms with E-state index in [9.17, 15) is 5.53 Å². The molecule has 0 spiro atoms. The van der Waals surface area contributed by atoms with Crippen LogP contribution in [-0.4, -0.2) is 4.70 Å². The maximum absolute atomic E-state index is 12.8. The van der Waals surface area contributed by atoms with Gasteiger partial charge >= 0.3 is 0 Å². The van der Waals surface area contributed by atoms with Crippen LogP contribution in [0.3, 0.4) is 0 Å². The molecule has 0 saturated carbocycles. The average molecular weight is 1130 g/mol. The molecule has 1 heterocycles. The van der Waals surface area contributed by atoms with Gasteiger partial charge in [0, 0.05) is 44.0 Å². The van der Waals surface area contributed by atoms with Crippen LogP contribution in [-0.2, 0) is 58.9 Å². The molecule has 0 radical (unpaired) electrons. The molecule has 1 aliphatic rings. The molecule has 0 atom stereocenters. The largest absolute Gasteiger partial charge is 0.493 e. The Labute approximate surface area is 488 Å². The zero-order chi connectivity index (χ0) is 53.8. The Kier molecular flexibility index (Phi) is 43.7. The monoisotopic (exact) mass is 1130 g/mol. The number of aryl methyl sites for hydroxylation is 4. The van der Waals surface area contributed by atoms with Crippen LogP contribution in [0.4, 0.5) is 0 Å². The summed E-state index contributed by atoms with van der Waals surface area (Å²) in [4.78, 5) is 0. The van der Waals surface area contributed by atoms with Crippen molar-refractivity contribution in [2.24, 2.45) is 0 Å². The maximum atomic E-state index is 12.8. The first-order valence-corrected chi connectivity index (χ1v) is 33.7. The molecule has 1 aliphatic heterocycles. The zero-order valence-electron chi connectivity index (χ0n) is 51.5. The SMILES string of the molecule is CCCCCCCCCCCCCCCCCCCCCCCCCC#CC1=C(c2cc(CCCCC)c(CCCCC)c(CCCCC)c2)[N+](=[N-])C(c2cc(CCCCC)c(CCCCC)c(CCCCC)c2)=C1.[Pd]. The second kappa shape index (κ2) is 47.5. The van der Waals surface area contributed by atoms with E-state index in [1.807, 2.05) is 0 Å². The molecular formula is C73H122N2Pd. The van der Waals surface area contributed by atoms with E-state index in [1.54, 1.807) is 15.8 Å². The van der Waals surface area contributed by atoms with Crippen molar-refractivity contribution in [2.75, 3.05) is 0 Å². The fraction of sp³-hybridized carbons (Fsp3) is 0.753. The van der Waals surface area contributed by atoms with Gasteiger partial charge in [-0.3, -0.25) is 0 Å². The molecule has 434 valence electrons. The predicted molar refractivity (Wildman–Crippen MR) is 335 cm³/mol. The Morgan fingerprint density at radius 2 is 0.592 bits per heavy atom. The van der Waals surface area contributed by atoms with Gasteiger partial charge < -0.3 is 5.53 Å². The molecule has 0 aliphatic carbocycles. The molecule has 76 heavy (non-hydrogen) atoms. The van der Waals surface area contributed by atoms with Gasteiger partial charge in [0.25, 0.3) is 0 Å². The van der Waals surface area contributed by atoms with Gasteiger partial charge in [-0.15, -0.1) is 0 Å². The van der Waals surface area contributed by atoms with Crippen molar-refractivity contribution in [3.63, 3.8) is 0 Å². The number of benzene rings is 2. The summed E-state index contributed by atoms with van der Waals surface area (Å²) in [6.07, 6.45) is 64.9. The Morgan fingerprint density at radius 1 is 0.329 bits per heavy atom. The minimum Gasteiger partial charge on any atom is -0.493 e. The van der Waals surface area contributed by atoms with Crippen LogP contribution in [0.1, 0.15) is 363 Å². The van der Waals surface area contributed by atoms with Crippen LogP contribution in [0.15, 0.2) is 35.9 Å². The molecule has 0 saturated heterocycles. The van der Waals surface area contributed by atoms with Crippen molar-refractivity contribution in [3.05, 3.63) is 86.0 Å². The van der Waals surface area contributed by atoms with Crippen molar-refractivity contribution in [1.29, 1.82) is 0 Å². The quantitative estimate of drug-likeness (QED) is 0.0273. The Hall–Kier alpha value is -2.26. The van der Waals surface area contributed by atoms with E-state index in [2.05, 4.69) is 90.6 Å². The second-order valence-electron chi connectivity index (χ2n) is 23.7. The number of hydrogen-bond donors (Lipinski definition) is 0. The Balaban J connectivity index is 0.0000198. The molecule has 0 aromatic heterocycles. The van der Waals surface area contributed by atoms with Crippen LogP contribution in [0.5, 0.6) is 0 Å². The summed E-state index contributed by atoms with van der Waals surface area (Å²) in [6, 6.07) is 9.93. The van der Waals surface area contributed by atoms with Crippen LogP contribution in [0, 0.1) is 11.8 Å².